The summed E-state index contributed by atoms with van der Waals surface area (Å²) in [6.07, 6.45) is 0.565. The largest absolute Gasteiger partial charge is 0.497 e. The van der Waals surface area contributed by atoms with E-state index in [0.29, 0.717) is 23.7 Å². The number of hydrogen-bond acceptors (Lipinski definition) is 4. The molecule has 3 aromatic carbocycles. The third-order valence-electron chi connectivity index (χ3n) is 4.41. The summed E-state index contributed by atoms with van der Waals surface area (Å²) < 4.78 is 6.92. The topological polar surface area (TPSA) is 69.0 Å². The van der Waals surface area contributed by atoms with Crippen LogP contribution in [0.3, 0.4) is 0 Å². The number of carbonyl (C=O) groups is 1. The van der Waals surface area contributed by atoms with E-state index in [2.05, 4.69) is 15.4 Å². The van der Waals surface area contributed by atoms with Crippen molar-refractivity contribution in [2.24, 2.45) is 0 Å². The molecule has 0 unspecified atom stereocenters. The van der Waals surface area contributed by atoms with Gasteiger partial charge in [0.2, 0.25) is 5.82 Å². The van der Waals surface area contributed by atoms with Gasteiger partial charge in [-0.25, -0.2) is 9.67 Å². The van der Waals surface area contributed by atoms with E-state index in [-0.39, 0.29) is 11.7 Å². The van der Waals surface area contributed by atoms with E-state index in [0.717, 1.165) is 11.3 Å². The van der Waals surface area contributed by atoms with Gasteiger partial charge in [-0.05, 0) is 29.8 Å². The van der Waals surface area contributed by atoms with Crippen LogP contribution in [0.15, 0.2) is 84.9 Å². The minimum absolute atomic E-state index is 0.114. The Labute approximate surface area is 168 Å². The van der Waals surface area contributed by atoms with Gasteiger partial charge in [-0.1, -0.05) is 54.6 Å². The lowest BCUT2D eigenvalue weighted by atomic mass is 10.1. The molecule has 4 rings (SSSR count). The average Bonchev–Trinajstić information content (AvgIpc) is 3.19. The number of methoxy groups -OCH3 is 1. The molecule has 1 aromatic heterocycles. The molecule has 0 bridgehead atoms. The molecule has 1 amide bonds. The van der Waals surface area contributed by atoms with Crippen LogP contribution < -0.4 is 10.1 Å². The SMILES string of the molecule is COc1cccc(NC(=O)c2nc(Cc3ccccc3)n(-c3ccccc3)n2)c1. The molecule has 0 saturated heterocycles. The molecule has 0 spiro atoms. The summed E-state index contributed by atoms with van der Waals surface area (Å²) in [5, 5.41) is 7.31. The maximum Gasteiger partial charge on any atom is 0.295 e. The third kappa shape index (κ3) is 4.32. The highest BCUT2D eigenvalue weighted by Crippen LogP contribution is 2.18. The molecule has 0 aliphatic heterocycles. The van der Waals surface area contributed by atoms with Crippen molar-refractivity contribution in [3.8, 4) is 11.4 Å². The van der Waals surface area contributed by atoms with Crippen LogP contribution in [0.1, 0.15) is 22.0 Å². The lowest BCUT2D eigenvalue weighted by Gasteiger charge is -2.05. The Bertz CT molecular complexity index is 1110. The first kappa shape index (κ1) is 18.4. The smallest absolute Gasteiger partial charge is 0.295 e. The van der Waals surface area contributed by atoms with Gasteiger partial charge in [0.15, 0.2) is 0 Å². The number of benzene rings is 3. The van der Waals surface area contributed by atoms with Gasteiger partial charge >= 0.3 is 0 Å². The molecular formula is C23H20N4O2. The second kappa shape index (κ2) is 8.39. The van der Waals surface area contributed by atoms with Gasteiger partial charge in [-0.2, -0.15) is 0 Å². The van der Waals surface area contributed by atoms with Gasteiger partial charge in [-0.3, -0.25) is 4.79 Å². The van der Waals surface area contributed by atoms with Crippen LogP contribution in [0.4, 0.5) is 5.69 Å². The summed E-state index contributed by atoms with van der Waals surface area (Å²) in [7, 11) is 1.58. The third-order valence-corrected chi connectivity index (χ3v) is 4.41. The molecule has 6 nitrogen and oxygen atoms in total. The first-order valence-electron chi connectivity index (χ1n) is 9.23. The van der Waals surface area contributed by atoms with E-state index in [1.807, 2.05) is 72.8 Å². The van der Waals surface area contributed by atoms with E-state index < -0.39 is 0 Å². The van der Waals surface area contributed by atoms with Crippen LogP contribution in [0.2, 0.25) is 0 Å². The van der Waals surface area contributed by atoms with E-state index in [4.69, 9.17) is 4.74 Å². The number of hydrogen-bond donors (Lipinski definition) is 1. The summed E-state index contributed by atoms with van der Waals surface area (Å²) in [6, 6.07) is 26.8. The lowest BCUT2D eigenvalue weighted by Crippen LogP contribution is -2.14. The zero-order valence-corrected chi connectivity index (χ0v) is 15.9. The molecule has 1 heterocycles. The first-order valence-corrected chi connectivity index (χ1v) is 9.23. The fraction of sp³-hybridized carbons (Fsp3) is 0.0870. The van der Waals surface area contributed by atoms with Gasteiger partial charge < -0.3 is 10.1 Å². The van der Waals surface area contributed by atoms with E-state index >= 15 is 0 Å². The second-order valence-electron chi connectivity index (χ2n) is 6.45. The number of ether oxygens (including phenoxy) is 1. The monoisotopic (exact) mass is 384 g/mol. The van der Waals surface area contributed by atoms with Crippen molar-refractivity contribution in [2.45, 2.75) is 6.42 Å². The number of nitrogens with one attached hydrogen (secondary N) is 1. The van der Waals surface area contributed by atoms with Gasteiger partial charge in [-0.15, -0.1) is 5.10 Å². The Morgan fingerprint density at radius 1 is 0.966 bits per heavy atom. The number of para-hydroxylation sites is 1. The van der Waals surface area contributed by atoms with Crippen molar-refractivity contribution in [3.63, 3.8) is 0 Å². The Morgan fingerprint density at radius 3 is 2.41 bits per heavy atom. The number of aromatic nitrogens is 3. The summed E-state index contributed by atoms with van der Waals surface area (Å²) in [6.45, 7) is 0. The highest BCUT2D eigenvalue weighted by atomic mass is 16.5. The Hall–Kier alpha value is -3.93. The fourth-order valence-electron chi connectivity index (χ4n) is 3.00. The standard InChI is InChI=1S/C23H20N4O2/c1-29-20-14-8-11-18(16-20)24-23(28)22-25-21(15-17-9-4-2-5-10-17)27(26-22)19-12-6-3-7-13-19/h2-14,16H,15H2,1H3,(H,24,28). The fourth-order valence-corrected chi connectivity index (χ4v) is 3.00. The second-order valence-corrected chi connectivity index (χ2v) is 6.45. The minimum Gasteiger partial charge on any atom is -0.497 e. The number of anilines is 1. The quantitative estimate of drug-likeness (QED) is 0.543. The highest BCUT2D eigenvalue weighted by molar-refractivity contribution is 6.01. The highest BCUT2D eigenvalue weighted by Gasteiger charge is 2.18. The van der Waals surface area contributed by atoms with E-state index in [1.165, 1.54) is 0 Å². The van der Waals surface area contributed by atoms with Crippen LogP contribution in [0.25, 0.3) is 5.69 Å². The Morgan fingerprint density at radius 2 is 1.69 bits per heavy atom. The molecule has 1 N–H and O–H groups in total. The van der Waals surface area contributed by atoms with E-state index in [9.17, 15) is 4.79 Å². The van der Waals surface area contributed by atoms with Gasteiger partial charge in [0, 0.05) is 18.2 Å². The van der Waals surface area contributed by atoms with Gasteiger partial charge in [0.05, 0.1) is 12.8 Å². The summed E-state index contributed by atoms with van der Waals surface area (Å²) in [5.74, 6) is 1.10. The van der Waals surface area contributed by atoms with Crippen molar-refractivity contribution < 1.29 is 9.53 Å². The van der Waals surface area contributed by atoms with Crippen molar-refractivity contribution in [3.05, 3.63) is 102 Å². The molecule has 144 valence electrons. The minimum atomic E-state index is -0.373. The molecule has 0 radical (unpaired) electrons. The number of nitrogens with zero attached hydrogens (tertiary/aromatic N) is 3. The molecule has 0 aliphatic rings. The van der Waals surface area contributed by atoms with Crippen molar-refractivity contribution >= 4 is 11.6 Å². The normalized spacial score (nSPS) is 10.5. The zero-order valence-electron chi connectivity index (χ0n) is 15.9. The van der Waals surface area contributed by atoms with Crippen molar-refractivity contribution in [1.29, 1.82) is 0 Å². The first-order chi connectivity index (χ1) is 14.2. The van der Waals surface area contributed by atoms with Crippen LogP contribution in [-0.2, 0) is 6.42 Å². The van der Waals surface area contributed by atoms with Crippen LogP contribution in [-0.4, -0.2) is 27.8 Å². The Kier molecular flexibility index (Phi) is 5.33. The predicted octanol–water partition coefficient (Wildman–Crippen LogP) is 4.12. The molecule has 0 aliphatic carbocycles. The average molecular weight is 384 g/mol. The molecule has 0 atom stereocenters. The van der Waals surface area contributed by atoms with E-state index in [1.54, 1.807) is 23.9 Å². The van der Waals surface area contributed by atoms with Crippen molar-refractivity contribution in [2.75, 3.05) is 12.4 Å². The van der Waals surface area contributed by atoms with Crippen molar-refractivity contribution in [1.82, 2.24) is 14.8 Å². The van der Waals surface area contributed by atoms with Crippen LogP contribution in [0.5, 0.6) is 5.75 Å². The van der Waals surface area contributed by atoms with Crippen LogP contribution >= 0.6 is 0 Å². The zero-order chi connectivity index (χ0) is 20.1. The lowest BCUT2D eigenvalue weighted by molar-refractivity contribution is 0.101. The molecule has 0 fully saturated rings. The number of amides is 1. The molecule has 4 aromatic rings. The molecular weight excluding hydrogens is 364 g/mol. The maximum atomic E-state index is 12.8. The summed E-state index contributed by atoms with van der Waals surface area (Å²) in [4.78, 5) is 17.3. The Balaban J connectivity index is 1.65. The van der Waals surface area contributed by atoms with Crippen LogP contribution in [0, 0.1) is 0 Å². The summed E-state index contributed by atoms with van der Waals surface area (Å²) >= 11 is 0. The summed E-state index contributed by atoms with van der Waals surface area (Å²) in [5.41, 5.74) is 2.57. The van der Waals surface area contributed by atoms with Gasteiger partial charge in [0.25, 0.3) is 5.91 Å². The molecule has 0 saturated carbocycles. The number of carbonyl (C=O) groups excluding carboxylic acids is 1. The predicted molar refractivity (Wildman–Crippen MR) is 112 cm³/mol. The van der Waals surface area contributed by atoms with Gasteiger partial charge in [0.1, 0.15) is 11.6 Å². The molecule has 29 heavy (non-hydrogen) atoms. The molecule has 6 heteroatoms. The number of rotatable bonds is 6. The maximum absolute atomic E-state index is 12.8.